The minimum absolute atomic E-state index is 0.336. The SMILES string of the molecule is O[C@@H](CNC1CCC2(CC1)OCCO2)c1cc(Cl)cc(Cl)c1. The third-order valence-corrected chi connectivity index (χ3v) is 4.87. The van der Waals surface area contributed by atoms with Gasteiger partial charge >= 0.3 is 0 Å². The van der Waals surface area contributed by atoms with E-state index >= 15 is 0 Å². The van der Waals surface area contributed by atoms with Crippen molar-refractivity contribution >= 4 is 23.2 Å². The Labute approximate surface area is 140 Å². The molecule has 2 aliphatic rings. The summed E-state index contributed by atoms with van der Waals surface area (Å²) in [6.07, 6.45) is 3.17. The van der Waals surface area contributed by atoms with Crippen molar-refractivity contribution in [1.82, 2.24) is 5.32 Å². The van der Waals surface area contributed by atoms with Gasteiger partial charge in [0.25, 0.3) is 0 Å². The highest BCUT2D eigenvalue weighted by Crippen LogP contribution is 2.35. The highest BCUT2D eigenvalue weighted by molar-refractivity contribution is 6.34. The smallest absolute Gasteiger partial charge is 0.168 e. The van der Waals surface area contributed by atoms with E-state index in [4.69, 9.17) is 32.7 Å². The van der Waals surface area contributed by atoms with E-state index in [2.05, 4.69) is 5.32 Å². The monoisotopic (exact) mass is 345 g/mol. The van der Waals surface area contributed by atoms with Gasteiger partial charge in [0.15, 0.2) is 5.79 Å². The fourth-order valence-corrected chi connectivity index (χ4v) is 3.75. The Hall–Kier alpha value is -0.360. The largest absolute Gasteiger partial charge is 0.387 e. The Balaban J connectivity index is 1.48. The number of ether oxygens (including phenoxy) is 2. The summed E-state index contributed by atoms with van der Waals surface area (Å²) in [7, 11) is 0. The average molecular weight is 346 g/mol. The number of benzene rings is 1. The Kier molecular flexibility index (Phi) is 5.28. The number of aliphatic hydroxyl groups excluding tert-OH is 1. The van der Waals surface area contributed by atoms with Crippen molar-refractivity contribution in [1.29, 1.82) is 0 Å². The van der Waals surface area contributed by atoms with Crippen LogP contribution in [0.2, 0.25) is 10.0 Å². The number of aliphatic hydroxyl groups is 1. The summed E-state index contributed by atoms with van der Waals surface area (Å²) in [5.74, 6) is -0.336. The zero-order valence-electron chi connectivity index (χ0n) is 12.4. The molecule has 1 heterocycles. The summed E-state index contributed by atoms with van der Waals surface area (Å²) in [4.78, 5) is 0. The Morgan fingerprint density at radius 3 is 2.32 bits per heavy atom. The van der Waals surface area contributed by atoms with Crippen LogP contribution in [0.15, 0.2) is 18.2 Å². The second-order valence-electron chi connectivity index (χ2n) is 6.01. The number of hydrogen-bond donors (Lipinski definition) is 2. The van der Waals surface area contributed by atoms with Crippen LogP contribution in [0.25, 0.3) is 0 Å². The van der Waals surface area contributed by atoms with Crippen LogP contribution in [-0.2, 0) is 9.47 Å². The van der Waals surface area contributed by atoms with Crippen molar-refractivity contribution in [2.45, 2.75) is 43.6 Å². The molecule has 0 amide bonds. The molecule has 0 unspecified atom stereocenters. The molecule has 0 bridgehead atoms. The maximum Gasteiger partial charge on any atom is 0.168 e. The first kappa shape index (κ1) is 16.5. The van der Waals surface area contributed by atoms with Gasteiger partial charge in [-0.15, -0.1) is 0 Å². The predicted molar refractivity (Wildman–Crippen MR) is 86.3 cm³/mol. The van der Waals surface area contributed by atoms with E-state index in [0.717, 1.165) is 31.2 Å². The van der Waals surface area contributed by atoms with Crippen molar-refractivity contribution < 1.29 is 14.6 Å². The number of hydrogen-bond acceptors (Lipinski definition) is 4. The van der Waals surface area contributed by atoms with Gasteiger partial charge in [0.2, 0.25) is 0 Å². The van der Waals surface area contributed by atoms with E-state index in [0.29, 0.717) is 35.8 Å². The summed E-state index contributed by atoms with van der Waals surface area (Å²) in [5.41, 5.74) is 0.736. The number of rotatable bonds is 4. The lowest BCUT2D eigenvalue weighted by Gasteiger charge is -2.36. The summed E-state index contributed by atoms with van der Waals surface area (Å²) < 4.78 is 11.4. The molecule has 1 aliphatic heterocycles. The normalized spacial score (nSPS) is 23.0. The van der Waals surface area contributed by atoms with Gasteiger partial charge in [-0.3, -0.25) is 0 Å². The summed E-state index contributed by atoms with van der Waals surface area (Å²) >= 11 is 11.9. The first-order valence-corrected chi connectivity index (χ1v) is 8.47. The number of nitrogens with one attached hydrogen (secondary N) is 1. The van der Waals surface area contributed by atoms with Crippen LogP contribution >= 0.6 is 23.2 Å². The topological polar surface area (TPSA) is 50.7 Å². The van der Waals surface area contributed by atoms with Crippen LogP contribution in [-0.4, -0.2) is 36.7 Å². The van der Waals surface area contributed by atoms with E-state index in [1.807, 2.05) is 0 Å². The molecule has 0 aromatic heterocycles. The molecule has 1 aromatic rings. The van der Waals surface area contributed by atoms with Gasteiger partial charge < -0.3 is 19.9 Å². The van der Waals surface area contributed by atoms with Gasteiger partial charge in [0.05, 0.1) is 19.3 Å². The van der Waals surface area contributed by atoms with Crippen molar-refractivity contribution in [3.63, 3.8) is 0 Å². The summed E-state index contributed by atoms with van der Waals surface area (Å²) in [6.45, 7) is 1.88. The van der Waals surface area contributed by atoms with E-state index in [1.165, 1.54) is 0 Å². The average Bonchev–Trinajstić information content (AvgIpc) is 2.94. The maximum absolute atomic E-state index is 10.3. The van der Waals surface area contributed by atoms with Gasteiger partial charge in [0.1, 0.15) is 0 Å². The molecule has 1 aliphatic carbocycles. The van der Waals surface area contributed by atoms with Crippen molar-refractivity contribution in [2.75, 3.05) is 19.8 Å². The fraction of sp³-hybridized carbons (Fsp3) is 0.625. The van der Waals surface area contributed by atoms with Crippen molar-refractivity contribution in [2.24, 2.45) is 0 Å². The molecule has 1 aromatic carbocycles. The van der Waals surface area contributed by atoms with E-state index in [9.17, 15) is 5.11 Å². The highest BCUT2D eigenvalue weighted by atomic mass is 35.5. The maximum atomic E-state index is 10.3. The summed E-state index contributed by atoms with van der Waals surface area (Å²) in [5, 5.41) is 14.8. The predicted octanol–water partition coefficient (Wildman–Crippen LogP) is 3.30. The zero-order valence-corrected chi connectivity index (χ0v) is 13.9. The minimum Gasteiger partial charge on any atom is -0.387 e. The first-order valence-electron chi connectivity index (χ1n) is 7.72. The van der Waals surface area contributed by atoms with Gasteiger partial charge in [-0.25, -0.2) is 0 Å². The molecular weight excluding hydrogens is 325 g/mol. The second-order valence-corrected chi connectivity index (χ2v) is 6.88. The standard InChI is InChI=1S/C16H21Cl2NO3/c17-12-7-11(8-13(18)9-12)15(20)10-19-14-1-3-16(4-2-14)21-5-6-22-16/h7-9,14-15,19-20H,1-6,10H2/t15-/m0/s1. The van der Waals surface area contributed by atoms with Gasteiger partial charge in [-0.05, 0) is 36.6 Å². The quantitative estimate of drug-likeness (QED) is 0.878. The van der Waals surface area contributed by atoms with Gasteiger partial charge in [-0.1, -0.05) is 23.2 Å². The second kappa shape index (κ2) is 7.04. The molecule has 1 saturated heterocycles. The molecule has 0 radical (unpaired) electrons. The molecule has 6 heteroatoms. The molecule has 2 N–H and O–H groups in total. The molecule has 122 valence electrons. The zero-order chi connectivity index (χ0) is 15.6. The third kappa shape index (κ3) is 3.94. The van der Waals surface area contributed by atoms with Gasteiger partial charge in [-0.2, -0.15) is 0 Å². The highest BCUT2D eigenvalue weighted by Gasteiger charge is 2.40. The molecule has 1 spiro atoms. The molecule has 2 fully saturated rings. The Bertz CT molecular complexity index is 490. The van der Waals surface area contributed by atoms with E-state index in [1.54, 1.807) is 18.2 Å². The summed E-state index contributed by atoms with van der Waals surface area (Å²) in [6, 6.07) is 5.53. The molecule has 1 saturated carbocycles. The van der Waals surface area contributed by atoms with Crippen LogP contribution in [0.3, 0.4) is 0 Å². The fourth-order valence-electron chi connectivity index (χ4n) is 3.21. The molecular formula is C16H21Cl2NO3. The van der Waals surface area contributed by atoms with E-state index < -0.39 is 6.10 Å². The van der Waals surface area contributed by atoms with Crippen LogP contribution in [0.1, 0.15) is 37.4 Å². The van der Waals surface area contributed by atoms with Crippen molar-refractivity contribution in [3.05, 3.63) is 33.8 Å². The minimum atomic E-state index is -0.619. The molecule has 1 atom stereocenters. The Morgan fingerprint density at radius 2 is 1.73 bits per heavy atom. The Morgan fingerprint density at radius 1 is 1.14 bits per heavy atom. The molecule has 22 heavy (non-hydrogen) atoms. The lowest BCUT2D eigenvalue weighted by molar-refractivity contribution is -0.179. The van der Waals surface area contributed by atoms with Gasteiger partial charge in [0, 0.05) is 35.5 Å². The lowest BCUT2D eigenvalue weighted by Crippen LogP contribution is -2.43. The van der Waals surface area contributed by atoms with E-state index in [-0.39, 0.29) is 5.79 Å². The molecule has 3 rings (SSSR count). The first-order chi connectivity index (χ1) is 10.6. The molecule has 4 nitrogen and oxygen atoms in total. The van der Waals surface area contributed by atoms with Crippen LogP contribution < -0.4 is 5.32 Å². The van der Waals surface area contributed by atoms with Crippen LogP contribution in [0, 0.1) is 0 Å². The lowest BCUT2D eigenvalue weighted by atomic mass is 9.90. The third-order valence-electron chi connectivity index (χ3n) is 4.43. The van der Waals surface area contributed by atoms with Crippen LogP contribution in [0.5, 0.6) is 0 Å². The van der Waals surface area contributed by atoms with Crippen LogP contribution in [0.4, 0.5) is 0 Å². The van der Waals surface area contributed by atoms with Crippen molar-refractivity contribution in [3.8, 4) is 0 Å². The number of halogens is 2.